The maximum atomic E-state index is 13.1. The second-order valence-corrected chi connectivity index (χ2v) is 4.18. The highest BCUT2D eigenvalue weighted by Crippen LogP contribution is 2.32. The number of nitrogens with two attached hydrogens (primary N) is 1. The first-order valence-corrected chi connectivity index (χ1v) is 5.73. The van der Waals surface area contributed by atoms with Gasteiger partial charge in [0.2, 0.25) is 0 Å². The molecule has 0 atom stereocenters. The molecule has 0 radical (unpaired) electrons. The number of nitrogens with zero attached hydrogens (tertiary/aromatic N) is 1. The summed E-state index contributed by atoms with van der Waals surface area (Å²) in [6.07, 6.45) is 0. The number of rotatable bonds is 0. The van der Waals surface area contributed by atoms with Gasteiger partial charge in [0.25, 0.3) is 0 Å². The minimum absolute atomic E-state index is 0.294. The molecule has 2 aromatic heterocycles. The molecule has 2 nitrogen and oxygen atoms in total. The highest BCUT2D eigenvalue weighted by Gasteiger charge is 2.09. The lowest BCUT2D eigenvalue weighted by atomic mass is 10.2. The zero-order chi connectivity index (χ0) is 11.6. The molecule has 2 heterocycles. The Morgan fingerprint density at radius 1 is 1.33 bits per heavy atom. The summed E-state index contributed by atoms with van der Waals surface area (Å²) >= 11 is 1.50. The molecule has 0 aliphatic rings. The highest BCUT2D eigenvalue weighted by atomic mass is 32.1. The molecule has 0 saturated heterocycles. The number of halogens is 1. The van der Waals surface area contributed by atoms with Crippen molar-refractivity contribution in [2.24, 2.45) is 0 Å². The molecule has 0 unspecified atom stereocenters. The average Bonchev–Trinajstić information content (AvgIpc) is 2.49. The SMILES string of the molecule is CC.Cc1nc2sc(C)c(N)c2cc1F. The summed E-state index contributed by atoms with van der Waals surface area (Å²) in [6, 6.07) is 1.45. The van der Waals surface area contributed by atoms with Gasteiger partial charge in [0, 0.05) is 10.3 Å². The number of nitrogen functional groups attached to an aromatic ring is 1. The minimum atomic E-state index is -0.294. The van der Waals surface area contributed by atoms with Crippen LogP contribution in [0, 0.1) is 19.7 Å². The molecule has 0 aliphatic carbocycles. The third-order valence-corrected chi connectivity index (χ3v) is 3.07. The van der Waals surface area contributed by atoms with E-state index < -0.39 is 0 Å². The molecule has 4 heteroatoms. The van der Waals surface area contributed by atoms with E-state index in [0.717, 1.165) is 15.1 Å². The summed E-state index contributed by atoms with van der Waals surface area (Å²) in [6.45, 7) is 7.56. The Balaban J connectivity index is 0.000000531. The Morgan fingerprint density at radius 3 is 2.53 bits per heavy atom. The van der Waals surface area contributed by atoms with Crippen LogP contribution in [-0.4, -0.2) is 4.98 Å². The molecule has 0 bridgehead atoms. The first-order valence-electron chi connectivity index (χ1n) is 4.91. The smallest absolute Gasteiger partial charge is 0.145 e. The fourth-order valence-electron chi connectivity index (χ4n) is 1.22. The summed E-state index contributed by atoms with van der Waals surface area (Å²) in [5.41, 5.74) is 6.83. The number of thiophene rings is 1. The molecule has 0 amide bonds. The van der Waals surface area contributed by atoms with Crippen molar-refractivity contribution in [3.63, 3.8) is 0 Å². The van der Waals surface area contributed by atoms with E-state index >= 15 is 0 Å². The van der Waals surface area contributed by atoms with E-state index in [2.05, 4.69) is 4.98 Å². The van der Waals surface area contributed by atoms with Crippen LogP contribution in [-0.2, 0) is 0 Å². The molecule has 0 aliphatic heterocycles. The molecular weight excluding hydrogens is 211 g/mol. The Morgan fingerprint density at radius 2 is 1.93 bits per heavy atom. The maximum absolute atomic E-state index is 13.1. The van der Waals surface area contributed by atoms with Gasteiger partial charge in [-0.1, -0.05) is 13.8 Å². The van der Waals surface area contributed by atoms with Gasteiger partial charge < -0.3 is 5.73 Å². The lowest BCUT2D eigenvalue weighted by Gasteiger charge is -1.95. The fourth-order valence-corrected chi connectivity index (χ4v) is 2.19. The number of aryl methyl sites for hydroxylation is 2. The molecule has 2 N–H and O–H groups in total. The van der Waals surface area contributed by atoms with Crippen LogP contribution >= 0.6 is 11.3 Å². The van der Waals surface area contributed by atoms with Crippen molar-refractivity contribution in [2.45, 2.75) is 27.7 Å². The number of aromatic nitrogens is 1. The zero-order valence-corrected chi connectivity index (χ0v) is 10.2. The number of hydrogen-bond acceptors (Lipinski definition) is 3. The van der Waals surface area contributed by atoms with Crippen LogP contribution in [0.5, 0.6) is 0 Å². The van der Waals surface area contributed by atoms with Crippen molar-refractivity contribution in [3.05, 3.63) is 22.5 Å². The lowest BCUT2D eigenvalue weighted by molar-refractivity contribution is 0.613. The van der Waals surface area contributed by atoms with Crippen molar-refractivity contribution in [3.8, 4) is 0 Å². The van der Waals surface area contributed by atoms with E-state index in [4.69, 9.17) is 5.73 Å². The standard InChI is InChI=1S/C9H9FN2S.C2H6/c1-4-7(10)3-6-8(11)5(2)13-9(6)12-4;1-2/h3H,11H2,1-2H3;1-2H3. The molecular formula is C11H15FN2S. The van der Waals surface area contributed by atoms with Crippen molar-refractivity contribution in [1.82, 2.24) is 4.98 Å². The quantitative estimate of drug-likeness (QED) is 0.744. The predicted molar refractivity (Wildman–Crippen MR) is 64.8 cm³/mol. The third kappa shape index (κ3) is 2.09. The molecule has 0 aromatic carbocycles. The van der Waals surface area contributed by atoms with Gasteiger partial charge in [-0.25, -0.2) is 9.37 Å². The van der Waals surface area contributed by atoms with Crippen molar-refractivity contribution >= 4 is 27.2 Å². The average molecular weight is 226 g/mol. The summed E-state index contributed by atoms with van der Waals surface area (Å²) < 4.78 is 13.1. The molecule has 82 valence electrons. The molecule has 0 saturated carbocycles. The van der Waals surface area contributed by atoms with Crippen LogP contribution in [0.15, 0.2) is 6.07 Å². The van der Waals surface area contributed by atoms with Crippen molar-refractivity contribution in [1.29, 1.82) is 0 Å². The minimum Gasteiger partial charge on any atom is -0.397 e. The van der Waals surface area contributed by atoms with Crippen LogP contribution in [0.1, 0.15) is 24.4 Å². The van der Waals surface area contributed by atoms with Crippen LogP contribution in [0.4, 0.5) is 10.1 Å². The molecule has 15 heavy (non-hydrogen) atoms. The first-order chi connectivity index (χ1) is 7.09. The largest absolute Gasteiger partial charge is 0.397 e. The Labute approximate surface area is 92.9 Å². The third-order valence-electron chi connectivity index (χ3n) is 2.04. The summed E-state index contributed by atoms with van der Waals surface area (Å²) in [7, 11) is 0. The Kier molecular flexibility index (Phi) is 3.63. The van der Waals surface area contributed by atoms with Gasteiger partial charge in [-0.15, -0.1) is 11.3 Å². The normalized spacial score (nSPS) is 9.93. The van der Waals surface area contributed by atoms with E-state index in [0.29, 0.717) is 11.4 Å². The van der Waals surface area contributed by atoms with E-state index in [1.165, 1.54) is 17.4 Å². The van der Waals surface area contributed by atoms with Gasteiger partial charge >= 0.3 is 0 Å². The van der Waals surface area contributed by atoms with Gasteiger partial charge in [-0.05, 0) is 19.9 Å². The van der Waals surface area contributed by atoms with E-state index in [1.54, 1.807) is 6.92 Å². The van der Waals surface area contributed by atoms with Gasteiger partial charge in [0.05, 0.1) is 11.4 Å². The Bertz CT molecular complexity index is 477. The molecule has 2 rings (SSSR count). The highest BCUT2D eigenvalue weighted by molar-refractivity contribution is 7.19. The molecule has 2 aromatic rings. The van der Waals surface area contributed by atoms with E-state index in [-0.39, 0.29) is 5.82 Å². The molecule has 0 fully saturated rings. The van der Waals surface area contributed by atoms with Crippen LogP contribution in [0.3, 0.4) is 0 Å². The second-order valence-electron chi connectivity index (χ2n) is 2.98. The second kappa shape index (κ2) is 4.57. The van der Waals surface area contributed by atoms with Crippen LogP contribution in [0.25, 0.3) is 10.2 Å². The topological polar surface area (TPSA) is 38.9 Å². The van der Waals surface area contributed by atoms with Crippen LogP contribution in [0.2, 0.25) is 0 Å². The monoisotopic (exact) mass is 226 g/mol. The lowest BCUT2D eigenvalue weighted by Crippen LogP contribution is -1.89. The van der Waals surface area contributed by atoms with Crippen LogP contribution < -0.4 is 5.73 Å². The summed E-state index contributed by atoms with van der Waals surface area (Å²) in [4.78, 5) is 5.93. The zero-order valence-electron chi connectivity index (χ0n) is 9.39. The van der Waals surface area contributed by atoms with Gasteiger partial charge in [-0.2, -0.15) is 0 Å². The van der Waals surface area contributed by atoms with Gasteiger partial charge in [-0.3, -0.25) is 0 Å². The fraction of sp³-hybridized carbons (Fsp3) is 0.364. The van der Waals surface area contributed by atoms with Gasteiger partial charge in [0.15, 0.2) is 0 Å². The molecule has 0 spiro atoms. The number of hydrogen-bond donors (Lipinski definition) is 1. The number of anilines is 1. The van der Waals surface area contributed by atoms with Gasteiger partial charge in [0.1, 0.15) is 10.6 Å². The van der Waals surface area contributed by atoms with Crippen molar-refractivity contribution in [2.75, 3.05) is 5.73 Å². The summed E-state index contributed by atoms with van der Waals surface area (Å²) in [5.74, 6) is -0.294. The van der Waals surface area contributed by atoms with E-state index in [9.17, 15) is 4.39 Å². The number of fused-ring (bicyclic) bond motifs is 1. The Hall–Kier alpha value is -1.16. The van der Waals surface area contributed by atoms with E-state index in [1.807, 2.05) is 20.8 Å². The first kappa shape index (κ1) is 11.9. The summed E-state index contributed by atoms with van der Waals surface area (Å²) in [5, 5.41) is 0.727. The number of pyridine rings is 1. The predicted octanol–water partition coefficient (Wildman–Crippen LogP) is 3.66. The van der Waals surface area contributed by atoms with Crippen molar-refractivity contribution < 1.29 is 4.39 Å². The maximum Gasteiger partial charge on any atom is 0.145 e.